The lowest BCUT2D eigenvalue weighted by Crippen LogP contribution is -2.42. The Morgan fingerprint density at radius 2 is 1.81 bits per heavy atom. The van der Waals surface area contributed by atoms with Crippen LogP contribution in [0, 0.1) is 0 Å². The Morgan fingerprint density at radius 3 is 2.19 bits per heavy atom. The Kier molecular flexibility index (Phi) is 3.64. The maximum Gasteiger partial charge on any atom is 0.419 e. The molecule has 1 rings (SSSR count). The molecule has 0 heterocycles. The molecule has 0 aliphatic heterocycles. The van der Waals surface area contributed by atoms with Crippen molar-refractivity contribution < 1.29 is 23.1 Å². The van der Waals surface area contributed by atoms with E-state index in [0.717, 1.165) is 0 Å². The number of nitrogens with one attached hydrogen (secondary N) is 1. The van der Waals surface area contributed by atoms with E-state index in [1.165, 1.54) is 24.3 Å². The lowest BCUT2D eigenvalue weighted by atomic mass is 10.2. The van der Waals surface area contributed by atoms with Crippen molar-refractivity contribution in [1.29, 1.82) is 0 Å². The molecule has 0 saturated heterocycles. The van der Waals surface area contributed by atoms with Gasteiger partial charge in [-0.2, -0.15) is 13.2 Å². The Hall–Kier alpha value is -1.43. The summed E-state index contributed by atoms with van der Waals surface area (Å²) in [6.07, 6.45) is -4.86. The van der Waals surface area contributed by atoms with Crippen molar-refractivity contribution in [2.45, 2.75) is 12.2 Å². The molecule has 0 radical (unpaired) electrons. The molecule has 2 N–H and O–H groups in total. The molecule has 0 aliphatic rings. The van der Waals surface area contributed by atoms with Crippen molar-refractivity contribution in [2.75, 3.05) is 5.32 Å². The van der Waals surface area contributed by atoms with Crippen LogP contribution in [0.25, 0.3) is 0 Å². The third-order valence-electron chi connectivity index (χ3n) is 1.73. The van der Waals surface area contributed by atoms with Crippen LogP contribution in [0.15, 0.2) is 24.3 Å². The van der Waals surface area contributed by atoms with Gasteiger partial charge in [0.2, 0.25) is 6.04 Å². The highest BCUT2D eigenvalue weighted by molar-refractivity contribution is 6.30. The fraction of sp³-hybridized carbons (Fsp3) is 0.222. The molecule has 0 spiro atoms. The summed E-state index contributed by atoms with van der Waals surface area (Å²) in [7, 11) is 0. The van der Waals surface area contributed by atoms with Crippen LogP contribution in [0.4, 0.5) is 18.9 Å². The van der Waals surface area contributed by atoms with Gasteiger partial charge in [-0.05, 0) is 24.3 Å². The number of benzene rings is 1. The van der Waals surface area contributed by atoms with Gasteiger partial charge in [-0.25, -0.2) is 4.79 Å². The summed E-state index contributed by atoms with van der Waals surface area (Å²) in [5.74, 6) is -1.98. The number of hydrogen-bond acceptors (Lipinski definition) is 2. The molecule has 0 saturated carbocycles. The van der Waals surface area contributed by atoms with Crippen LogP contribution in [0.1, 0.15) is 0 Å². The minimum Gasteiger partial charge on any atom is -0.479 e. The molecule has 16 heavy (non-hydrogen) atoms. The summed E-state index contributed by atoms with van der Waals surface area (Å²) in [5, 5.41) is 10.6. The van der Waals surface area contributed by atoms with E-state index in [0.29, 0.717) is 5.02 Å². The van der Waals surface area contributed by atoms with E-state index >= 15 is 0 Å². The first-order chi connectivity index (χ1) is 7.30. The Labute approximate surface area is 93.8 Å². The van der Waals surface area contributed by atoms with Gasteiger partial charge in [-0.1, -0.05) is 11.6 Å². The average molecular weight is 254 g/mol. The quantitative estimate of drug-likeness (QED) is 0.871. The highest BCUT2D eigenvalue weighted by atomic mass is 35.5. The van der Waals surface area contributed by atoms with Crippen LogP contribution in [0.5, 0.6) is 0 Å². The van der Waals surface area contributed by atoms with Gasteiger partial charge >= 0.3 is 12.1 Å². The molecule has 0 amide bonds. The summed E-state index contributed by atoms with van der Waals surface area (Å²) in [5.41, 5.74) is 0.0362. The Morgan fingerprint density at radius 1 is 1.31 bits per heavy atom. The molecule has 0 bridgehead atoms. The number of hydrogen-bond donors (Lipinski definition) is 2. The zero-order chi connectivity index (χ0) is 12.3. The number of carboxylic acid groups (broad SMARTS) is 1. The van der Waals surface area contributed by atoms with Crippen molar-refractivity contribution in [1.82, 2.24) is 0 Å². The molecule has 0 fully saturated rings. The van der Waals surface area contributed by atoms with Gasteiger partial charge in [0.25, 0.3) is 0 Å². The van der Waals surface area contributed by atoms with Gasteiger partial charge in [0.1, 0.15) is 0 Å². The second-order valence-corrected chi connectivity index (χ2v) is 3.40. The van der Waals surface area contributed by atoms with Crippen LogP contribution in [0.2, 0.25) is 5.02 Å². The molecule has 7 heteroatoms. The first-order valence-corrected chi connectivity index (χ1v) is 4.50. The highest BCUT2D eigenvalue weighted by Gasteiger charge is 2.45. The van der Waals surface area contributed by atoms with E-state index in [1.54, 1.807) is 0 Å². The number of alkyl halides is 3. The monoisotopic (exact) mass is 253 g/mol. The first kappa shape index (κ1) is 12.6. The number of carbonyl (C=O) groups is 1. The van der Waals surface area contributed by atoms with Crippen LogP contribution >= 0.6 is 11.6 Å². The Balaban J connectivity index is 2.84. The van der Waals surface area contributed by atoms with Crippen LogP contribution in [0.3, 0.4) is 0 Å². The zero-order valence-corrected chi connectivity index (χ0v) is 8.51. The van der Waals surface area contributed by atoms with Crippen molar-refractivity contribution in [3.8, 4) is 0 Å². The van der Waals surface area contributed by atoms with Gasteiger partial charge < -0.3 is 10.4 Å². The molecular weight excluding hydrogens is 247 g/mol. The zero-order valence-electron chi connectivity index (χ0n) is 7.75. The smallest absolute Gasteiger partial charge is 0.419 e. The van der Waals surface area contributed by atoms with E-state index in [9.17, 15) is 18.0 Å². The maximum atomic E-state index is 12.3. The average Bonchev–Trinajstić information content (AvgIpc) is 2.14. The van der Waals surface area contributed by atoms with Gasteiger partial charge in [0.05, 0.1) is 0 Å². The predicted molar refractivity (Wildman–Crippen MR) is 52.6 cm³/mol. The van der Waals surface area contributed by atoms with Gasteiger partial charge in [-0.3, -0.25) is 0 Å². The highest BCUT2D eigenvalue weighted by Crippen LogP contribution is 2.24. The van der Waals surface area contributed by atoms with E-state index in [2.05, 4.69) is 0 Å². The fourth-order valence-corrected chi connectivity index (χ4v) is 1.12. The molecule has 0 aromatic heterocycles. The molecule has 1 atom stereocenters. The molecule has 0 aliphatic carbocycles. The minimum atomic E-state index is -4.86. The SMILES string of the molecule is O=C(O)C(Nc1ccc(Cl)cc1)C(F)(F)F. The topological polar surface area (TPSA) is 49.3 Å². The fourth-order valence-electron chi connectivity index (χ4n) is 0.996. The van der Waals surface area contributed by atoms with Crippen LogP contribution in [-0.2, 0) is 4.79 Å². The van der Waals surface area contributed by atoms with E-state index < -0.39 is 18.2 Å². The third kappa shape index (κ3) is 3.30. The Bertz CT molecular complexity index is 377. The van der Waals surface area contributed by atoms with Crippen molar-refractivity contribution in [3.05, 3.63) is 29.3 Å². The van der Waals surface area contributed by atoms with E-state index in [1.807, 2.05) is 5.32 Å². The van der Waals surface area contributed by atoms with Crippen LogP contribution in [-0.4, -0.2) is 23.3 Å². The number of aliphatic carboxylic acids is 1. The summed E-state index contributed by atoms with van der Waals surface area (Å²) in [6, 6.07) is 2.63. The van der Waals surface area contributed by atoms with E-state index in [4.69, 9.17) is 16.7 Å². The third-order valence-corrected chi connectivity index (χ3v) is 1.98. The molecule has 3 nitrogen and oxygen atoms in total. The van der Waals surface area contributed by atoms with Crippen molar-refractivity contribution in [3.63, 3.8) is 0 Å². The largest absolute Gasteiger partial charge is 0.479 e. The lowest BCUT2D eigenvalue weighted by Gasteiger charge is -2.18. The normalized spacial score (nSPS) is 13.2. The summed E-state index contributed by atoms with van der Waals surface area (Å²) >= 11 is 5.53. The number of carboxylic acids is 1. The van der Waals surface area contributed by atoms with E-state index in [-0.39, 0.29) is 5.69 Å². The number of anilines is 1. The molecule has 1 unspecified atom stereocenters. The van der Waals surface area contributed by atoms with Gasteiger partial charge in [-0.15, -0.1) is 0 Å². The summed E-state index contributed by atoms with van der Waals surface area (Å²) in [6.45, 7) is 0. The second-order valence-electron chi connectivity index (χ2n) is 2.96. The molecular formula is C9H7ClF3NO2. The number of rotatable bonds is 3. The van der Waals surface area contributed by atoms with Crippen LogP contribution < -0.4 is 5.32 Å². The number of halogens is 4. The maximum absolute atomic E-state index is 12.3. The standard InChI is InChI=1S/C9H7ClF3NO2/c10-5-1-3-6(4-2-5)14-7(8(15)16)9(11,12)13/h1-4,7,14H,(H,15,16). The summed E-state index contributed by atoms with van der Waals surface area (Å²) < 4.78 is 36.8. The van der Waals surface area contributed by atoms with Crippen molar-refractivity contribution >= 4 is 23.3 Å². The first-order valence-electron chi connectivity index (χ1n) is 4.12. The molecule has 1 aromatic rings. The van der Waals surface area contributed by atoms with Gasteiger partial charge in [0, 0.05) is 10.7 Å². The van der Waals surface area contributed by atoms with Gasteiger partial charge in [0.15, 0.2) is 0 Å². The molecule has 1 aromatic carbocycles. The predicted octanol–water partition coefficient (Wildman–Crippen LogP) is 2.77. The van der Waals surface area contributed by atoms with Crippen molar-refractivity contribution in [2.24, 2.45) is 0 Å². The second kappa shape index (κ2) is 4.61. The lowest BCUT2D eigenvalue weighted by molar-refractivity contribution is -0.171. The molecule has 88 valence electrons. The minimum absolute atomic E-state index is 0.0362. The summed E-state index contributed by atoms with van der Waals surface area (Å²) in [4.78, 5) is 10.4.